The first-order valence-electron chi connectivity index (χ1n) is 6.15. The molecule has 0 unspecified atom stereocenters. The van der Waals surface area contributed by atoms with Gasteiger partial charge < -0.3 is 15.4 Å². The molecule has 0 saturated heterocycles. The number of aryl methyl sites for hydroxylation is 2. The molecule has 4 heteroatoms. The van der Waals surface area contributed by atoms with Crippen LogP contribution in [-0.4, -0.2) is 25.4 Å². The zero-order chi connectivity index (χ0) is 13.5. The maximum atomic E-state index is 5.22. The van der Waals surface area contributed by atoms with Gasteiger partial charge in [0.2, 0.25) is 0 Å². The average molecular weight is 266 g/mol. The van der Waals surface area contributed by atoms with Gasteiger partial charge in [0.1, 0.15) is 0 Å². The fourth-order valence-electron chi connectivity index (χ4n) is 1.63. The van der Waals surface area contributed by atoms with E-state index in [9.17, 15) is 0 Å². The zero-order valence-corrected chi connectivity index (χ0v) is 12.4. The van der Waals surface area contributed by atoms with Crippen LogP contribution in [0.2, 0.25) is 0 Å². The first-order valence-corrected chi connectivity index (χ1v) is 6.56. The van der Waals surface area contributed by atoms with Crippen LogP contribution in [0.4, 0.5) is 0 Å². The van der Waals surface area contributed by atoms with E-state index in [0.717, 1.165) is 6.54 Å². The molecule has 0 aliphatic carbocycles. The number of methoxy groups -OCH3 is 1. The van der Waals surface area contributed by atoms with Crippen LogP contribution in [0.3, 0.4) is 0 Å². The van der Waals surface area contributed by atoms with Crippen LogP contribution in [0.25, 0.3) is 0 Å². The van der Waals surface area contributed by atoms with Gasteiger partial charge in [-0.2, -0.15) is 0 Å². The van der Waals surface area contributed by atoms with Crippen molar-refractivity contribution in [3.63, 3.8) is 0 Å². The van der Waals surface area contributed by atoms with Gasteiger partial charge in [-0.25, -0.2) is 0 Å². The van der Waals surface area contributed by atoms with Gasteiger partial charge in [0.15, 0.2) is 5.11 Å². The molecule has 0 aliphatic rings. The molecule has 0 spiro atoms. The lowest BCUT2D eigenvalue weighted by Crippen LogP contribution is -2.38. The number of hydrogen-bond acceptors (Lipinski definition) is 2. The van der Waals surface area contributed by atoms with E-state index in [1.807, 2.05) is 0 Å². The minimum absolute atomic E-state index is 0.201. The largest absolute Gasteiger partial charge is 0.383 e. The molecule has 0 bridgehead atoms. The van der Waals surface area contributed by atoms with Crippen molar-refractivity contribution in [2.75, 3.05) is 20.3 Å². The smallest absolute Gasteiger partial charge is 0.166 e. The molecule has 1 aromatic carbocycles. The highest BCUT2D eigenvalue weighted by Gasteiger charge is 2.07. The Morgan fingerprint density at radius 1 is 1.33 bits per heavy atom. The molecular formula is C14H22N2OS. The Morgan fingerprint density at radius 2 is 2.06 bits per heavy atom. The van der Waals surface area contributed by atoms with Gasteiger partial charge in [-0.1, -0.05) is 18.2 Å². The molecule has 18 heavy (non-hydrogen) atoms. The molecule has 2 N–H and O–H groups in total. The molecule has 0 aliphatic heterocycles. The third-order valence-electron chi connectivity index (χ3n) is 2.97. The molecule has 0 aromatic heterocycles. The van der Waals surface area contributed by atoms with Crippen molar-refractivity contribution in [1.29, 1.82) is 0 Å². The third-order valence-corrected chi connectivity index (χ3v) is 3.23. The van der Waals surface area contributed by atoms with Crippen LogP contribution < -0.4 is 10.6 Å². The first kappa shape index (κ1) is 14.9. The second kappa shape index (κ2) is 7.34. The zero-order valence-electron chi connectivity index (χ0n) is 11.5. The SMILES string of the molecule is COCCNC(=S)N[C@H](C)c1ccc(C)c(C)c1. The maximum absolute atomic E-state index is 5.22. The van der Waals surface area contributed by atoms with Crippen LogP contribution in [0.5, 0.6) is 0 Å². The standard InChI is InChI=1S/C14H22N2OS/c1-10-5-6-13(9-11(10)2)12(3)16-14(18)15-7-8-17-4/h5-6,9,12H,7-8H2,1-4H3,(H2,15,16,18)/t12-/m1/s1. The summed E-state index contributed by atoms with van der Waals surface area (Å²) in [7, 11) is 1.68. The van der Waals surface area contributed by atoms with E-state index in [1.165, 1.54) is 16.7 Å². The molecule has 0 radical (unpaired) electrons. The summed E-state index contributed by atoms with van der Waals surface area (Å²) < 4.78 is 4.96. The van der Waals surface area contributed by atoms with Crippen molar-refractivity contribution in [2.24, 2.45) is 0 Å². The second-order valence-electron chi connectivity index (χ2n) is 4.46. The van der Waals surface area contributed by atoms with E-state index >= 15 is 0 Å². The van der Waals surface area contributed by atoms with Crippen molar-refractivity contribution in [2.45, 2.75) is 26.8 Å². The maximum Gasteiger partial charge on any atom is 0.166 e. The molecule has 1 rings (SSSR count). The summed E-state index contributed by atoms with van der Waals surface area (Å²) in [4.78, 5) is 0. The monoisotopic (exact) mass is 266 g/mol. The fourth-order valence-corrected chi connectivity index (χ4v) is 1.91. The number of rotatable bonds is 5. The topological polar surface area (TPSA) is 33.3 Å². The van der Waals surface area contributed by atoms with E-state index in [-0.39, 0.29) is 6.04 Å². The predicted molar refractivity (Wildman–Crippen MR) is 79.9 cm³/mol. The predicted octanol–water partition coefficient (Wildman–Crippen LogP) is 2.47. The summed E-state index contributed by atoms with van der Waals surface area (Å²) in [5.74, 6) is 0. The van der Waals surface area contributed by atoms with Crippen molar-refractivity contribution in [3.8, 4) is 0 Å². The fraction of sp³-hybridized carbons (Fsp3) is 0.500. The molecule has 0 heterocycles. The van der Waals surface area contributed by atoms with Crippen LogP contribution in [0, 0.1) is 13.8 Å². The molecule has 1 atom stereocenters. The van der Waals surface area contributed by atoms with Crippen LogP contribution in [0.1, 0.15) is 29.7 Å². The van der Waals surface area contributed by atoms with E-state index in [0.29, 0.717) is 11.7 Å². The van der Waals surface area contributed by atoms with Gasteiger partial charge in [0.25, 0.3) is 0 Å². The van der Waals surface area contributed by atoms with Crippen molar-refractivity contribution < 1.29 is 4.74 Å². The van der Waals surface area contributed by atoms with E-state index in [4.69, 9.17) is 17.0 Å². The van der Waals surface area contributed by atoms with E-state index in [2.05, 4.69) is 49.6 Å². The molecule has 0 saturated carbocycles. The molecule has 3 nitrogen and oxygen atoms in total. The van der Waals surface area contributed by atoms with Crippen LogP contribution >= 0.6 is 12.2 Å². The van der Waals surface area contributed by atoms with E-state index < -0.39 is 0 Å². The summed E-state index contributed by atoms with van der Waals surface area (Å²) in [5, 5.41) is 7.04. The van der Waals surface area contributed by atoms with Crippen LogP contribution in [-0.2, 0) is 4.74 Å². The van der Waals surface area contributed by atoms with Crippen LogP contribution in [0.15, 0.2) is 18.2 Å². The number of benzene rings is 1. The van der Waals surface area contributed by atoms with Gasteiger partial charge in [-0.15, -0.1) is 0 Å². The minimum Gasteiger partial charge on any atom is -0.383 e. The second-order valence-corrected chi connectivity index (χ2v) is 4.87. The van der Waals surface area contributed by atoms with Crippen molar-refractivity contribution in [3.05, 3.63) is 34.9 Å². The normalized spacial score (nSPS) is 12.0. The van der Waals surface area contributed by atoms with Gasteiger partial charge in [-0.05, 0) is 49.7 Å². The Hall–Kier alpha value is -1.13. The molecule has 100 valence electrons. The van der Waals surface area contributed by atoms with Crippen molar-refractivity contribution >= 4 is 17.3 Å². The summed E-state index contributed by atoms with van der Waals surface area (Å²) >= 11 is 5.22. The summed E-state index contributed by atoms with van der Waals surface area (Å²) in [5.41, 5.74) is 3.86. The van der Waals surface area contributed by atoms with Crippen molar-refractivity contribution in [1.82, 2.24) is 10.6 Å². The number of thiocarbonyl (C=S) groups is 1. The lowest BCUT2D eigenvalue weighted by Gasteiger charge is -2.18. The highest BCUT2D eigenvalue weighted by Crippen LogP contribution is 2.16. The van der Waals surface area contributed by atoms with E-state index in [1.54, 1.807) is 7.11 Å². The Kier molecular flexibility index (Phi) is 6.09. The quantitative estimate of drug-likeness (QED) is 0.633. The minimum atomic E-state index is 0.201. The Balaban J connectivity index is 2.51. The highest BCUT2D eigenvalue weighted by atomic mass is 32.1. The Labute approximate surface area is 115 Å². The average Bonchev–Trinajstić information content (AvgIpc) is 2.33. The third kappa shape index (κ3) is 4.63. The highest BCUT2D eigenvalue weighted by molar-refractivity contribution is 7.80. The molecule has 0 amide bonds. The number of hydrogen-bond donors (Lipinski definition) is 2. The molecular weight excluding hydrogens is 244 g/mol. The Bertz CT molecular complexity index is 407. The Morgan fingerprint density at radius 3 is 2.67 bits per heavy atom. The van der Waals surface area contributed by atoms with Gasteiger partial charge >= 0.3 is 0 Å². The number of nitrogens with one attached hydrogen (secondary N) is 2. The van der Waals surface area contributed by atoms with Gasteiger partial charge in [0, 0.05) is 13.7 Å². The number of ether oxygens (including phenoxy) is 1. The van der Waals surface area contributed by atoms with Gasteiger partial charge in [0.05, 0.1) is 12.6 Å². The molecule has 0 fully saturated rings. The summed E-state index contributed by atoms with van der Waals surface area (Å²) in [6.07, 6.45) is 0. The molecule has 1 aromatic rings. The lowest BCUT2D eigenvalue weighted by atomic mass is 10.0. The summed E-state index contributed by atoms with van der Waals surface area (Å²) in [6.45, 7) is 7.73. The van der Waals surface area contributed by atoms with Gasteiger partial charge in [-0.3, -0.25) is 0 Å². The summed E-state index contributed by atoms with van der Waals surface area (Å²) in [6, 6.07) is 6.68. The first-order chi connectivity index (χ1) is 8.54. The lowest BCUT2D eigenvalue weighted by molar-refractivity contribution is 0.204.